The Bertz CT molecular complexity index is 472. The van der Waals surface area contributed by atoms with Crippen molar-refractivity contribution in [2.24, 2.45) is 0 Å². The zero-order chi connectivity index (χ0) is 12.3. The highest BCUT2D eigenvalue weighted by Crippen LogP contribution is 2.19. The molecule has 3 N–H and O–H groups in total. The molecule has 4 heteroatoms. The van der Waals surface area contributed by atoms with Crippen LogP contribution in [0.1, 0.15) is 37.0 Å². The SMILES string of the molecule is CCc1n[nH]c(CC(C)c2ccc(N)cc2)n1. The van der Waals surface area contributed by atoms with E-state index in [2.05, 4.69) is 41.2 Å². The smallest absolute Gasteiger partial charge is 0.150 e. The third-order valence-electron chi connectivity index (χ3n) is 2.90. The van der Waals surface area contributed by atoms with Gasteiger partial charge in [0.25, 0.3) is 0 Å². The summed E-state index contributed by atoms with van der Waals surface area (Å²) in [5, 5.41) is 7.12. The van der Waals surface area contributed by atoms with Crippen LogP contribution in [0.2, 0.25) is 0 Å². The predicted octanol–water partition coefficient (Wildman–Crippen LogP) is 2.30. The van der Waals surface area contributed by atoms with Gasteiger partial charge in [0, 0.05) is 18.5 Å². The Labute approximate surface area is 101 Å². The minimum Gasteiger partial charge on any atom is -0.399 e. The molecule has 17 heavy (non-hydrogen) atoms. The molecule has 0 saturated carbocycles. The largest absolute Gasteiger partial charge is 0.399 e. The van der Waals surface area contributed by atoms with E-state index in [0.717, 1.165) is 30.2 Å². The van der Waals surface area contributed by atoms with Crippen molar-refractivity contribution in [1.29, 1.82) is 0 Å². The highest BCUT2D eigenvalue weighted by molar-refractivity contribution is 5.40. The number of hydrogen-bond donors (Lipinski definition) is 2. The van der Waals surface area contributed by atoms with Crippen LogP contribution in [0.4, 0.5) is 5.69 Å². The standard InChI is InChI=1S/C13H18N4/c1-3-12-15-13(17-16-12)8-9(2)10-4-6-11(14)7-5-10/h4-7,9H,3,8,14H2,1-2H3,(H,15,16,17). The summed E-state index contributed by atoms with van der Waals surface area (Å²) in [6.45, 7) is 4.23. The molecule has 0 amide bonds. The molecule has 1 unspecified atom stereocenters. The summed E-state index contributed by atoms with van der Waals surface area (Å²) in [6.07, 6.45) is 1.74. The van der Waals surface area contributed by atoms with Gasteiger partial charge >= 0.3 is 0 Å². The summed E-state index contributed by atoms with van der Waals surface area (Å²) in [5.74, 6) is 2.24. The van der Waals surface area contributed by atoms with Crippen molar-refractivity contribution >= 4 is 5.69 Å². The average Bonchev–Trinajstić information content (AvgIpc) is 2.77. The van der Waals surface area contributed by atoms with Crippen molar-refractivity contribution in [3.63, 3.8) is 0 Å². The van der Waals surface area contributed by atoms with Crippen LogP contribution in [0, 0.1) is 0 Å². The molecular weight excluding hydrogens is 212 g/mol. The summed E-state index contributed by atoms with van der Waals surface area (Å²) in [5.41, 5.74) is 7.74. The highest BCUT2D eigenvalue weighted by atomic mass is 15.2. The first-order chi connectivity index (χ1) is 8.19. The monoisotopic (exact) mass is 230 g/mol. The van der Waals surface area contributed by atoms with Gasteiger partial charge in [0.15, 0.2) is 0 Å². The number of H-pyrrole nitrogens is 1. The number of hydrogen-bond acceptors (Lipinski definition) is 3. The Balaban J connectivity index is 2.05. The number of aromatic amines is 1. The van der Waals surface area contributed by atoms with Gasteiger partial charge in [-0.3, -0.25) is 5.10 Å². The van der Waals surface area contributed by atoms with E-state index in [0.29, 0.717) is 5.92 Å². The molecule has 0 aliphatic carbocycles. The molecule has 2 aromatic rings. The quantitative estimate of drug-likeness (QED) is 0.792. The van der Waals surface area contributed by atoms with E-state index in [1.807, 2.05) is 12.1 Å². The van der Waals surface area contributed by atoms with Crippen LogP contribution in [0.5, 0.6) is 0 Å². The number of nitrogens with two attached hydrogens (primary N) is 1. The predicted molar refractivity (Wildman–Crippen MR) is 68.7 cm³/mol. The number of aromatic nitrogens is 3. The number of benzene rings is 1. The van der Waals surface area contributed by atoms with Crippen LogP contribution >= 0.6 is 0 Å². The second-order valence-corrected chi connectivity index (χ2v) is 4.32. The van der Waals surface area contributed by atoms with Crippen molar-refractivity contribution in [1.82, 2.24) is 15.2 Å². The second-order valence-electron chi connectivity index (χ2n) is 4.32. The Morgan fingerprint density at radius 2 is 2.00 bits per heavy atom. The highest BCUT2D eigenvalue weighted by Gasteiger charge is 2.09. The molecule has 4 nitrogen and oxygen atoms in total. The number of nitrogen functional groups attached to an aromatic ring is 1. The maximum Gasteiger partial charge on any atom is 0.150 e. The minimum absolute atomic E-state index is 0.410. The first-order valence-corrected chi connectivity index (χ1v) is 5.94. The zero-order valence-electron chi connectivity index (χ0n) is 10.3. The van der Waals surface area contributed by atoms with E-state index in [1.54, 1.807) is 0 Å². The normalized spacial score (nSPS) is 12.6. The lowest BCUT2D eigenvalue weighted by Crippen LogP contribution is -2.00. The van der Waals surface area contributed by atoms with Gasteiger partial charge in [-0.2, -0.15) is 5.10 Å². The van der Waals surface area contributed by atoms with E-state index in [1.165, 1.54) is 5.56 Å². The van der Waals surface area contributed by atoms with E-state index in [9.17, 15) is 0 Å². The van der Waals surface area contributed by atoms with Crippen LogP contribution < -0.4 is 5.73 Å². The van der Waals surface area contributed by atoms with Gasteiger partial charge in [0.05, 0.1) is 0 Å². The molecule has 1 atom stereocenters. The van der Waals surface area contributed by atoms with E-state index in [4.69, 9.17) is 5.73 Å². The van der Waals surface area contributed by atoms with E-state index in [-0.39, 0.29) is 0 Å². The molecule has 1 aromatic heterocycles. The first kappa shape index (κ1) is 11.6. The molecule has 0 aliphatic heterocycles. The van der Waals surface area contributed by atoms with Crippen molar-refractivity contribution in [2.75, 3.05) is 5.73 Å². The fourth-order valence-electron chi connectivity index (χ4n) is 1.82. The molecule has 0 saturated heterocycles. The van der Waals surface area contributed by atoms with Crippen LogP contribution in [-0.2, 0) is 12.8 Å². The Kier molecular flexibility index (Phi) is 3.42. The van der Waals surface area contributed by atoms with Crippen molar-refractivity contribution < 1.29 is 0 Å². The number of rotatable bonds is 4. The van der Waals surface area contributed by atoms with Crippen LogP contribution in [0.3, 0.4) is 0 Å². The molecule has 1 heterocycles. The van der Waals surface area contributed by atoms with Crippen LogP contribution in [-0.4, -0.2) is 15.2 Å². The van der Waals surface area contributed by atoms with Gasteiger partial charge in [-0.25, -0.2) is 4.98 Å². The average molecular weight is 230 g/mol. The lowest BCUT2D eigenvalue weighted by Gasteiger charge is -2.09. The topological polar surface area (TPSA) is 67.6 Å². The molecule has 0 spiro atoms. The summed E-state index contributed by atoms with van der Waals surface area (Å²) in [4.78, 5) is 4.42. The van der Waals surface area contributed by atoms with Crippen molar-refractivity contribution in [2.45, 2.75) is 32.6 Å². The molecule has 0 aliphatic rings. The number of anilines is 1. The molecule has 1 aromatic carbocycles. The zero-order valence-corrected chi connectivity index (χ0v) is 10.3. The third-order valence-corrected chi connectivity index (χ3v) is 2.90. The Morgan fingerprint density at radius 3 is 2.59 bits per heavy atom. The molecular formula is C13H18N4. The maximum atomic E-state index is 5.67. The van der Waals surface area contributed by atoms with E-state index < -0.39 is 0 Å². The fraction of sp³-hybridized carbons (Fsp3) is 0.385. The number of nitrogens with zero attached hydrogens (tertiary/aromatic N) is 2. The Morgan fingerprint density at radius 1 is 1.29 bits per heavy atom. The first-order valence-electron chi connectivity index (χ1n) is 5.94. The van der Waals surface area contributed by atoms with Gasteiger partial charge in [-0.15, -0.1) is 0 Å². The molecule has 2 rings (SSSR count). The van der Waals surface area contributed by atoms with Crippen LogP contribution in [0.25, 0.3) is 0 Å². The number of nitrogens with one attached hydrogen (secondary N) is 1. The second kappa shape index (κ2) is 4.99. The van der Waals surface area contributed by atoms with Crippen molar-refractivity contribution in [3.8, 4) is 0 Å². The summed E-state index contributed by atoms with van der Waals surface area (Å²) in [7, 11) is 0. The van der Waals surface area contributed by atoms with E-state index >= 15 is 0 Å². The van der Waals surface area contributed by atoms with Crippen molar-refractivity contribution in [3.05, 3.63) is 41.5 Å². The maximum absolute atomic E-state index is 5.67. The minimum atomic E-state index is 0.410. The third kappa shape index (κ3) is 2.84. The molecule has 0 radical (unpaired) electrons. The Hall–Kier alpha value is -1.84. The molecule has 0 fully saturated rings. The molecule has 0 bridgehead atoms. The van der Waals surface area contributed by atoms with Gasteiger partial charge in [-0.1, -0.05) is 26.0 Å². The summed E-state index contributed by atoms with van der Waals surface area (Å²) >= 11 is 0. The van der Waals surface area contributed by atoms with Gasteiger partial charge in [-0.05, 0) is 23.6 Å². The lowest BCUT2D eigenvalue weighted by atomic mass is 9.97. The van der Waals surface area contributed by atoms with Gasteiger partial charge in [0.1, 0.15) is 11.6 Å². The van der Waals surface area contributed by atoms with Gasteiger partial charge < -0.3 is 5.73 Å². The molecule has 90 valence electrons. The number of aryl methyl sites for hydroxylation is 1. The summed E-state index contributed by atoms with van der Waals surface area (Å²) in [6, 6.07) is 8.00. The fourth-order valence-corrected chi connectivity index (χ4v) is 1.82. The van der Waals surface area contributed by atoms with Gasteiger partial charge in [0.2, 0.25) is 0 Å². The lowest BCUT2D eigenvalue weighted by molar-refractivity contribution is 0.720. The van der Waals surface area contributed by atoms with Crippen LogP contribution in [0.15, 0.2) is 24.3 Å². The summed E-state index contributed by atoms with van der Waals surface area (Å²) < 4.78 is 0.